The Morgan fingerprint density at radius 1 is 1.27 bits per heavy atom. The third kappa shape index (κ3) is 3.93. The molecule has 0 N–H and O–H groups in total. The minimum absolute atomic E-state index is 0.0960. The van der Waals surface area contributed by atoms with Crippen molar-refractivity contribution in [3.8, 4) is 0 Å². The molecule has 0 amide bonds. The summed E-state index contributed by atoms with van der Waals surface area (Å²) in [7, 11) is -3.37. The first-order valence-electron chi connectivity index (χ1n) is 4.39. The summed E-state index contributed by atoms with van der Waals surface area (Å²) in [6.07, 6.45) is 1.05. The summed E-state index contributed by atoms with van der Waals surface area (Å²) < 4.78 is 27.4. The van der Waals surface area contributed by atoms with E-state index in [-0.39, 0.29) is 6.61 Å². The van der Waals surface area contributed by atoms with Gasteiger partial charge in [0.2, 0.25) is 0 Å². The molecule has 0 saturated carbocycles. The van der Waals surface area contributed by atoms with Gasteiger partial charge in [-0.05, 0) is 36.6 Å². The Balaban J connectivity index is 2.91. The van der Waals surface area contributed by atoms with Crippen LogP contribution in [0.25, 0.3) is 0 Å². The highest BCUT2D eigenvalue weighted by Gasteiger charge is 2.06. The van der Waals surface area contributed by atoms with Crippen molar-refractivity contribution < 1.29 is 12.6 Å². The van der Waals surface area contributed by atoms with E-state index in [2.05, 4.69) is 15.9 Å². The molecule has 1 aromatic rings. The van der Waals surface area contributed by atoms with Crippen molar-refractivity contribution in [3.05, 3.63) is 33.3 Å². The van der Waals surface area contributed by atoms with Crippen LogP contribution in [0.2, 0.25) is 0 Å². The lowest BCUT2D eigenvalue weighted by Crippen LogP contribution is -2.04. The van der Waals surface area contributed by atoms with Crippen molar-refractivity contribution in [2.75, 3.05) is 6.26 Å². The number of aryl methyl sites for hydroxylation is 2. The molecule has 15 heavy (non-hydrogen) atoms. The van der Waals surface area contributed by atoms with E-state index in [0.717, 1.165) is 27.4 Å². The van der Waals surface area contributed by atoms with Gasteiger partial charge in [0.05, 0.1) is 12.9 Å². The van der Waals surface area contributed by atoms with Crippen molar-refractivity contribution in [1.82, 2.24) is 0 Å². The summed E-state index contributed by atoms with van der Waals surface area (Å²) in [6, 6.07) is 3.88. The van der Waals surface area contributed by atoms with E-state index < -0.39 is 10.1 Å². The predicted octanol–water partition coefficient (Wildman–Crippen LogP) is 2.54. The summed E-state index contributed by atoms with van der Waals surface area (Å²) in [5, 5.41) is 0. The standard InChI is InChI=1S/C10H13BrO3S/c1-7-5-10(11)8(2)4-9(7)6-14-15(3,12)13/h4-5H,6H2,1-3H3. The molecule has 1 rings (SSSR count). The lowest BCUT2D eigenvalue weighted by atomic mass is 10.1. The summed E-state index contributed by atoms with van der Waals surface area (Å²) in [6.45, 7) is 3.97. The largest absolute Gasteiger partial charge is 0.265 e. The van der Waals surface area contributed by atoms with Crippen LogP contribution in [0.5, 0.6) is 0 Å². The van der Waals surface area contributed by atoms with Gasteiger partial charge in [-0.15, -0.1) is 0 Å². The van der Waals surface area contributed by atoms with E-state index in [1.165, 1.54) is 0 Å². The van der Waals surface area contributed by atoms with Gasteiger partial charge in [-0.1, -0.05) is 22.0 Å². The molecule has 0 spiro atoms. The average Bonchev–Trinajstić information content (AvgIpc) is 2.07. The first kappa shape index (κ1) is 12.7. The first-order chi connectivity index (χ1) is 6.79. The highest BCUT2D eigenvalue weighted by Crippen LogP contribution is 2.21. The van der Waals surface area contributed by atoms with Gasteiger partial charge in [-0.25, -0.2) is 0 Å². The zero-order valence-corrected chi connectivity index (χ0v) is 11.3. The van der Waals surface area contributed by atoms with Crippen molar-refractivity contribution in [2.24, 2.45) is 0 Å². The molecule has 0 fully saturated rings. The van der Waals surface area contributed by atoms with Crippen LogP contribution in [0.4, 0.5) is 0 Å². The molecule has 3 nitrogen and oxygen atoms in total. The van der Waals surface area contributed by atoms with Gasteiger partial charge in [0, 0.05) is 4.47 Å². The van der Waals surface area contributed by atoms with Crippen molar-refractivity contribution in [3.63, 3.8) is 0 Å². The maximum Gasteiger partial charge on any atom is 0.264 e. The fourth-order valence-electron chi connectivity index (χ4n) is 1.17. The van der Waals surface area contributed by atoms with E-state index in [1.54, 1.807) is 0 Å². The minimum atomic E-state index is -3.37. The van der Waals surface area contributed by atoms with E-state index in [9.17, 15) is 8.42 Å². The fraction of sp³-hybridized carbons (Fsp3) is 0.400. The smallest absolute Gasteiger partial charge is 0.264 e. The molecule has 0 radical (unpaired) electrons. The molecule has 0 aliphatic rings. The second kappa shape index (κ2) is 4.63. The molecule has 1 aromatic carbocycles. The Hall–Kier alpha value is -0.390. The summed E-state index contributed by atoms with van der Waals surface area (Å²) >= 11 is 3.41. The lowest BCUT2D eigenvalue weighted by Gasteiger charge is -2.08. The molecule has 84 valence electrons. The van der Waals surface area contributed by atoms with Crippen LogP contribution in [0.15, 0.2) is 16.6 Å². The van der Waals surface area contributed by atoms with Gasteiger partial charge in [0.1, 0.15) is 0 Å². The summed E-state index contributed by atoms with van der Waals surface area (Å²) in [5.41, 5.74) is 2.96. The van der Waals surface area contributed by atoms with E-state index in [4.69, 9.17) is 4.18 Å². The highest BCUT2D eigenvalue weighted by molar-refractivity contribution is 9.10. The SMILES string of the molecule is Cc1cc(COS(C)(=O)=O)c(C)cc1Br. The van der Waals surface area contributed by atoms with Crippen LogP contribution in [-0.2, 0) is 20.9 Å². The number of halogens is 1. The molecule has 0 aromatic heterocycles. The normalized spacial score (nSPS) is 11.7. The topological polar surface area (TPSA) is 43.4 Å². The summed E-state index contributed by atoms with van der Waals surface area (Å²) in [4.78, 5) is 0. The summed E-state index contributed by atoms with van der Waals surface area (Å²) in [5.74, 6) is 0. The van der Waals surface area contributed by atoms with Gasteiger partial charge in [0.25, 0.3) is 10.1 Å². The van der Waals surface area contributed by atoms with Gasteiger partial charge >= 0.3 is 0 Å². The Morgan fingerprint density at radius 3 is 2.40 bits per heavy atom. The molecule has 5 heteroatoms. The van der Waals surface area contributed by atoms with Crippen LogP contribution in [0.3, 0.4) is 0 Å². The highest BCUT2D eigenvalue weighted by atomic mass is 79.9. The third-order valence-corrected chi connectivity index (χ3v) is 3.45. The minimum Gasteiger partial charge on any atom is -0.265 e. The third-order valence-electron chi connectivity index (χ3n) is 2.05. The molecule has 0 heterocycles. The molecular formula is C10H13BrO3S. The molecule has 0 atom stereocenters. The van der Waals surface area contributed by atoms with Crippen LogP contribution in [0.1, 0.15) is 16.7 Å². The molecule has 0 aliphatic heterocycles. The molecule has 0 saturated heterocycles. The average molecular weight is 293 g/mol. The van der Waals surface area contributed by atoms with Crippen LogP contribution >= 0.6 is 15.9 Å². The number of benzene rings is 1. The van der Waals surface area contributed by atoms with E-state index >= 15 is 0 Å². The molecular weight excluding hydrogens is 280 g/mol. The lowest BCUT2D eigenvalue weighted by molar-refractivity contribution is 0.311. The number of hydrogen-bond donors (Lipinski definition) is 0. The van der Waals surface area contributed by atoms with Gasteiger partial charge in [-0.3, -0.25) is 4.18 Å². The molecule has 0 bridgehead atoms. The quantitative estimate of drug-likeness (QED) is 0.804. The molecule has 0 unspecified atom stereocenters. The first-order valence-corrected chi connectivity index (χ1v) is 7.00. The van der Waals surface area contributed by atoms with Crippen LogP contribution in [-0.4, -0.2) is 14.7 Å². The Bertz CT molecular complexity index is 466. The second-order valence-electron chi connectivity index (χ2n) is 3.49. The van der Waals surface area contributed by atoms with Crippen molar-refractivity contribution in [2.45, 2.75) is 20.5 Å². The fourth-order valence-corrected chi connectivity index (χ4v) is 1.97. The Morgan fingerprint density at radius 2 is 1.87 bits per heavy atom. The zero-order valence-electron chi connectivity index (χ0n) is 8.87. The van der Waals surface area contributed by atoms with E-state index in [0.29, 0.717) is 0 Å². The number of rotatable bonds is 3. The van der Waals surface area contributed by atoms with Gasteiger partial charge < -0.3 is 0 Å². The predicted molar refractivity (Wildman–Crippen MR) is 63.2 cm³/mol. The zero-order chi connectivity index (χ0) is 11.6. The monoisotopic (exact) mass is 292 g/mol. The van der Waals surface area contributed by atoms with Crippen LogP contribution < -0.4 is 0 Å². The maximum atomic E-state index is 10.8. The van der Waals surface area contributed by atoms with Gasteiger partial charge in [0.15, 0.2) is 0 Å². The number of hydrogen-bond acceptors (Lipinski definition) is 3. The van der Waals surface area contributed by atoms with Crippen LogP contribution in [0, 0.1) is 13.8 Å². The van der Waals surface area contributed by atoms with Gasteiger partial charge in [-0.2, -0.15) is 8.42 Å². The Labute approximate surface area is 98.7 Å². The van der Waals surface area contributed by atoms with Crippen molar-refractivity contribution >= 4 is 26.0 Å². The van der Waals surface area contributed by atoms with E-state index in [1.807, 2.05) is 26.0 Å². The maximum absolute atomic E-state index is 10.8. The van der Waals surface area contributed by atoms with Crippen molar-refractivity contribution in [1.29, 1.82) is 0 Å². The molecule has 0 aliphatic carbocycles. The second-order valence-corrected chi connectivity index (χ2v) is 5.99. The Kier molecular flexibility index (Phi) is 3.92.